The molecule has 0 aliphatic rings. The quantitative estimate of drug-likeness (QED) is 0.434. The maximum Gasteiger partial charge on any atom is 0.338 e. The normalized spacial score (nSPS) is 11.7. The zero-order valence-electron chi connectivity index (χ0n) is 18.1. The third-order valence-corrected chi connectivity index (χ3v) is 4.71. The van der Waals surface area contributed by atoms with E-state index in [4.69, 9.17) is 21.1 Å². The van der Waals surface area contributed by atoms with Gasteiger partial charge in [0.15, 0.2) is 11.6 Å². The smallest absolute Gasteiger partial charge is 0.338 e. The molecule has 0 saturated heterocycles. The third-order valence-electron chi connectivity index (χ3n) is 4.50. The number of ether oxygens (including phenoxy) is 2. The lowest BCUT2D eigenvalue weighted by Gasteiger charge is -2.16. The maximum atomic E-state index is 13.5. The molecule has 1 N–H and O–H groups in total. The van der Waals surface area contributed by atoms with Crippen LogP contribution in [0.15, 0.2) is 54.7 Å². The summed E-state index contributed by atoms with van der Waals surface area (Å²) in [5.41, 5.74) is 1.14. The third kappa shape index (κ3) is 6.26. The molecule has 0 fully saturated rings. The van der Waals surface area contributed by atoms with Crippen LogP contribution in [-0.4, -0.2) is 23.0 Å². The Morgan fingerprint density at radius 3 is 2.33 bits per heavy atom. The first-order valence-electron chi connectivity index (χ1n) is 10.0. The fourth-order valence-corrected chi connectivity index (χ4v) is 3.03. The van der Waals surface area contributed by atoms with E-state index in [9.17, 15) is 18.4 Å². The average Bonchev–Trinajstić information content (AvgIpc) is 2.77. The maximum absolute atomic E-state index is 13.5. The number of nitrogens with zero attached hydrogens (tertiary/aromatic N) is 1. The van der Waals surface area contributed by atoms with Crippen LogP contribution in [0.3, 0.4) is 0 Å². The Morgan fingerprint density at radius 1 is 1.00 bits per heavy atom. The molecule has 1 atom stereocenters. The molecule has 1 aromatic heterocycles. The molecule has 1 heterocycles. The van der Waals surface area contributed by atoms with Crippen molar-refractivity contribution in [1.29, 1.82) is 0 Å². The van der Waals surface area contributed by atoms with Gasteiger partial charge in [0, 0.05) is 12.3 Å². The van der Waals surface area contributed by atoms with Gasteiger partial charge in [-0.05, 0) is 56.7 Å². The molecule has 0 bridgehead atoms. The predicted molar refractivity (Wildman–Crippen MR) is 119 cm³/mol. The minimum Gasteiger partial charge on any atom is -0.459 e. The Hall–Kier alpha value is -3.52. The summed E-state index contributed by atoms with van der Waals surface area (Å²) in [6.45, 7) is 5.28. The Kier molecular flexibility index (Phi) is 7.60. The highest BCUT2D eigenvalue weighted by atomic mass is 35.5. The van der Waals surface area contributed by atoms with E-state index in [1.807, 2.05) is 0 Å². The summed E-state index contributed by atoms with van der Waals surface area (Å²) in [7, 11) is 0. The number of carbonyl (C=O) groups is 2. The number of pyridine rings is 1. The highest BCUT2D eigenvalue weighted by Crippen LogP contribution is 2.27. The average molecular weight is 475 g/mol. The van der Waals surface area contributed by atoms with Crippen molar-refractivity contribution < 1.29 is 27.8 Å². The predicted octanol–water partition coefficient (Wildman–Crippen LogP) is 5.86. The number of benzene rings is 2. The van der Waals surface area contributed by atoms with Crippen LogP contribution in [-0.2, 0) is 4.74 Å². The van der Waals surface area contributed by atoms with Crippen molar-refractivity contribution in [3.8, 4) is 11.6 Å². The molecule has 9 heteroatoms. The standard InChI is InChI=1S/C24H21ClF2N2O4/c1-13(2)32-24(31)16-6-4-15(5-7-16)14(3)29-22(30)19-10-17(25)12-28-23(19)33-18-8-9-20(26)21(27)11-18/h4-14H,1-3H3,(H,29,30)/t14-/m0/s1. The molecule has 0 unspecified atom stereocenters. The van der Waals surface area contributed by atoms with E-state index in [1.165, 1.54) is 18.3 Å². The van der Waals surface area contributed by atoms with Crippen molar-refractivity contribution in [2.75, 3.05) is 0 Å². The van der Waals surface area contributed by atoms with Gasteiger partial charge in [0.25, 0.3) is 5.91 Å². The molecule has 0 radical (unpaired) electrons. The van der Waals surface area contributed by atoms with E-state index >= 15 is 0 Å². The summed E-state index contributed by atoms with van der Waals surface area (Å²) in [4.78, 5) is 28.9. The van der Waals surface area contributed by atoms with E-state index in [0.717, 1.165) is 17.7 Å². The molecular formula is C24H21ClF2N2O4. The summed E-state index contributed by atoms with van der Waals surface area (Å²) in [6.07, 6.45) is 1.04. The zero-order valence-corrected chi connectivity index (χ0v) is 18.8. The van der Waals surface area contributed by atoms with Gasteiger partial charge >= 0.3 is 5.97 Å². The topological polar surface area (TPSA) is 77.5 Å². The van der Waals surface area contributed by atoms with E-state index in [2.05, 4.69) is 10.3 Å². The number of hydrogen-bond acceptors (Lipinski definition) is 5. The summed E-state index contributed by atoms with van der Waals surface area (Å²) >= 11 is 5.99. The molecule has 6 nitrogen and oxygen atoms in total. The van der Waals surface area contributed by atoms with Crippen molar-refractivity contribution in [3.05, 3.63) is 88.1 Å². The van der Waals surface area contributed by atoms with Crippen LogP contribution in [0.25, 0.3) is 0 Å². The molecule has 0 saturated carbocycles. The molecular weight excluding hydrogens is 454 g/mol. The van der Waals surface area contributed by atoms with Crippen LogP contribution in [0.4, 0.5) is 8.78 Å². The van der Waals surface area contributed by atoms with E-state index in [-0.39, 0.29) is 28.3 Å². The second kappa shape index (κ2) is 10.4. The Balaban J connectivity index is 1.76. The van der Waals surface area contributed by atoms with Crippen molar-refractivity contribution >= 4 is 23.5 Å². The lowest BCUT2D eigenvalue weighted by Crippen LogP contribution is -2.27. The van der Waals surface area contributed by atoms with Crippen LogP contribution in [0, 0.1) is 11.6 Å². The van der Waals surface area contributed by atoms with Gasteiger partial charge in [-0.2, -0.15) is 0 Å². The second-order valence-electron chi connectivity index (χ2n) is 7.46. The fourth-order valence-electron chi connectivity index (χ4n) is 2.87. The minimum absolute atomic E-state index is 0.0104. The van der Waals surface area contributed by atoms with E-state index in [1.54, 1.807) is 45.0 Å². The first kappa shape index (κ1) is 24.1. The van der Waals surface area contributed by atoms with Crippen LogP contribution >= 0.6 is 11.6 Å². The van der Waals surface area contributed by atoms with Gasteiger partial charge in [-0.3, -0.25) is 4.79 Å². The van der Waals surface area contributed by atoms with Crippen LogP contribution in [0.1, 0.15) is 53.1 Å². The van der Waals surface area contributed by atoms with Gasteiger partial charge in [-0.25, -0.2) is 18.6 Å². The van der Waals surface area contributed by atoms with Gasteiger partial charge in [0.05, 0.1) is 22.7 Å². The number of rotatable bonds is 7. The molecule has 2 aromatic carbocycles. The van der Waals surface area contributed by atoms with Crippen LogP contribution in [0.5, 0.6) is 11.6 Å². The van der Waals surface area contributed by atoms with E-state index < -0.39 is 29.6 Å². The number of hydrogen-bond donors (Lipinski definition) is 1. The van der Waals surface area contributed by atoms with Crippen LogP contribution in [0.2, 0.25) is 5.02 Å². The highest BCUT2D eigenvalue weighted by molar-refractivity contribution is 6.30. The van der Waals surface area contributed by atoms with Gasteiger partial charge in [0.2, 0.25) is 5.88 Å². The summed E-state index contributed by atoms with van der Waals surface area (Å²) < 4.78 is 37.3. The number of carbonyl (C=O) groups excluding carboxylic acids is 2. The molecule has 172 valence electrons. The highest BCUT2D eigenvalue weighted by Gasteiger charge is 2.19. The van der Waals surface area contributed by atoms with Gasteiger partial charge in [-0.15, -0.1) is 0 Å². The lowest BCUT2D eigenvalue weighted by atomic mass is 10.1. The SMILES string of the molecule is CC(C)OC(=O)c1ccc([C@H](C)NC(=O)c2cc(Cl)cnc2Oc2ccc(F)c(F)c2)cc1. The number of nitrogens with one attached hydrogen (secondary N) is 1. The Morgan fingerprint density at radius 2 is 1.70 bits per heavy atom. The van der Waals surface area contributed by atoms with Crippen molar-refractivity contribution in [3.63, 3.8) is 0 Å². The second-order valence-corrected chi connectivity index (χ2v) is 7.89. The Bertz CT molecular complexity index is 1170. The molecule has 0 aliphatic heterocycles. The Labute approximate surface area is 194 Å². The first-order chi connectivity index (χ1) is 15.6. The lowest BCUT2D eigenvalue weighted by molar-refractivity contribution is 0.0377. The van der Waals surface area contributed by atoms with Crippen molar-refractivity contribution in [2.45, 2.75) is 32.9 Å². The summed E-state index contributed by atoms with van der Waals surface area (Å²) in [5, 5.41) is 2.99. The largest absolute Gasteiger partial charge is 0.459 e. The van der Waals surface area contributed by atoms with Gasteiger partial charge in [-0.1, -0.05) is 23.7 Å². The number of esters is 1. The van der Waals surface area contributed by atoms with Gasteiger partial charge in [0.1, 0.15) is 11.3 Å². The number of amides is 1. The first-order valence-corrected chi connectivity index (χ1v) is 10.4. The monoisotopic (exact) mass is 474 g/mol. The van der Waals surface area contributed by atoms with Crippen molar-refractivity contribution in [1.82, 2.24) is 10.3 Å². The fraction of sp³-hybridized carbons (Fsp3) is 0.208. The molecule has 3 aromatic rings. The number of aromatic nitrogens is 1. The summed E-state index contributed by atoms with van der Waals surface area (Å²) in [5.74, 6) is -3.25. The van der Waals surface area contributed by atoms with Crippen molar-refractivity contribution in [2.24, 2.45) is 0 Å². The van der Waals surface area contributed by atoms with Crippen LogP contribution < -0.4 is 10.1 Å². The van der Waals surface area contributed by atoms with Gasteiger partial charge < -0.3 is 14.8 Å². The minimum atomic E-state index is -1.10. The molecule has 0 spiro atoms. The molecule has 0 aliphatic carbocycles. The summed E-state index contributed by atoms with van der Waals surface area (Å²) in [6, 6.07) is 10.5. The molecule has 3 rings (SSSR count). The van der Waals surface area contributed by atoms with E-state index in [0.29, 0.717) is 5.56 Å². The zero-order chi connectivity index (χ0) is 24.1. The molecule has 33 heavy (non-hydrogen) atoms. The molecule has 1 amide bonds. The number of halogens is 3.